The molecule has 1 amide bonds. The molecule has 1 aliphatic heterocycles. The van der Waals surface area contributed by atoms with Gasteiger partial charge in [0.25, 0.3) is 0 Å². The second-order valence-electron chi connectivity index (χ2n) is 8.54. The third kappa shape index (κ3) is 4.71. The van der Waals surface area contributed by atoms with Crippen LogP contribution >= 0.6 is 11.9 Å². The third-order valence-corrected chi connectivity index (χ3v) is 7.51. The van der Waals surface area contributed by atoms with Gasteiger partial charge < -0.3 is 18.5 Å². The predicted octanol–water partition coefficient (Wildman–Crippen LogP) is 4.15. The van der Waals surface area contributed by atoms with E-state index in [1.54, 1.807) is 18.9 Å². The average molecular weight is 467 g/mol. The summed E-state index contributed by atoms with van der Waals surface area (Å²) in [6.45, 7) is 4.70. The maximum Gasteiger partial charge on any atom is 0.309 e. The van der Waals surface area contributed by atoms with Gasteiger partial charge in [0, 0.05) is 50.6 Å². The van der Waals surface area contributed by atoms with Gasteiger partial charge >= 0.3 is 5.97 Å². The molecule has 8 heteroatoms. The summed E-state index contributed by atoms with van der Waals surface area (Å²) in [4.78, 5) is 31.9. The second kappa shape index (κ2) is 9.47. The van der Waals surface area contributed by atoms with Gasteiger partial charge in [-0.15, -0.1) is 0 Å². The molecule has 1 aliphatic rings. The van der Waals surface area contributed by atoms with Crippen LogP contribution in [-0.2, 0) is 21.4 Å². The Labute approximate surface area is 198 Å². The van der Waals surface area contributed by atoms with E-state index in [1.807, 2.05) is 25.9 Å². The number of hydrogen-bond donors (Lipinski definition) is 0. The van der Waals surface area contributed by atoms with Crippen molar-refractivity contribution in [3.63, 3.8) is 0 Å². The van der Waals surface area contributed by atoms with Gasteiger partial charge in [-0.3, -0.25) is 9.59 Å². The second-order valence-corrected chi connectivity index (χ2v) is 9.74. The first-order chi connectivity index (χ1) is 15.8. The number of rotatable bonds is 5. The Morgan fingerprint density at radius 2 is 1.91 bits per heavy atom. The lowest BCUT2D eigenvalue weighted by atomic mass is 9.80. The van der Waals surface area contributed by atoms with E-state index in [9.17, 15) is 9.59 Å². The maximum atomic E-state index is 12.4. The molecule has 4 rings (SSSR count). The fourth-order valence-electron chi connectivity index (χ4n) is 4.51. The number of methoxy groups -OCH3 is 1. The summed E-state index contributed by atoms with van der Waals surface area (Å²) in [6, 6.07) is 14.6. The lowest BCUT2D eigenvalue weighted by Gasteiger charge is -2.37. The van der Waals surface area contributed by atoms with Crippen LogP contribution in [-0.4, -0.2) is 53.6 Å². The molecule has 1 saturated heterocycles. The lowest BCUT2D eigenvalue weighted by Crippen LogP contribution is -2.44. The molecule has 1 unspecified atom stereocenters. The van der Waals surface area contributed by atoms with E-state index in [4.69, 9.17) is 4.74 Å². The van der Waals surface area contributed by atoms with E-state index in [-0.39, 0.29) is 23.7 Å². The Hall–Kier alpha value is -3.00. The number of ether oxygens (including phenoxy) is 1. The number of hydrogen-bond acceptors (Lipinski definition) is 6. The molecular formula is C25H30N4O3S. The SMILES string of the molecule is COC(=O)C1CCN(C(C)=O)C[C@H]1c1ccc(N(C)Sc2ccc3c(c2)nc(C)n3C)cc1. The molecule has 0 radical (unpaired) electrons. The van der Waals surface area contributed by atoms with Crippen molar-refractivity contribution in [2.75, 3.05) is 31.6 Å². The Morgan fingerprint density at radius 1 is 1.18 bits per heavy atom. The van der Waals surface area contributed by atoms with Crippen molar-refractivity contribution in [1.82, 2.24) is 14.5 Å². The minimum absolute atomic E-state index is 0.0381. The number of carbonyl (C=O) groups excluding carboxylic acids is 2. The molecule has 0 bridgehead atoms. The van der Waals surface area contributed by atoms with Gasteiger partial charge in [-0.25, -0.2) is 4.98 Å². The van der Waals surface area contributed by atoms with Gasteiger partial charge in [0.2, 0.25) is 5.91 Å². The van der Waals surface area contributed by atoms with Crippen molar-refractivity contribution in [3.05, 3.63) is 53.9 Å². The molecular weight excluding hydrogens is 436 g/mol. The highest BCUT2D eigenvalue weighted by Gasteiger charge is 2.36. The summed E-state index contributed by atoms with van der Waals surface area (Å²) < 4.78 is 9.25. The van der Waals surface area contributed by atoms with Crippen molar-refractivity contribution >= 4 is 40.5 Å². The van der Waals surface area contributed by atoms with Crippen LogP contribution in [0.5, 0.6) is 0 Å². The third-order valence-electron chi connectivity index (χ3n) is 6.57. The number of fused-ring (bicyclic) bond motifs is 1. The van der Waals surface area contributed by atoms with Crippen LogP contribution in [0.4, 0.5) is 5.69 Å². The lowest BCUT2D eigenvalue weighted by molar-refractivity contribution is -0.149. The first-order valence-electron chi connectivity index (χ1n) is 11.1. The largest absolute Gasteiger partial charge is 0.469 e. The van der Waals surface area contributed by atoms with E-state index in [2.05, 4.69) is 56.3 Å². The predicted molar refractivity (Wildman–Crippen MR) is 131 cm³/mol. The fourth-order valence-corrected chi connectivity index (χ4v) is 5.34. The number of amides is 1. The van der Waals surface area contributed by atoms with Crippen molar-refractivity contribution in [2.45, 2.75) is 31.1 Å². The number of nitrogens with zero attached hydrogens (tertiary/aromatic N) is 4. The summed E-state index contributed by atoms with van der Waals surface area (Å²) in [7, 11) is 5.48. The van der Waals surface area contributed by atoms with Gasteiger partial charge in [-0.2, -0.15) is 0 Å². The zero-order valence-corrected chi connectivity index (χ0v) is 20.6. The normalized spacial score (nSPS) is 18.4. The Morgan fingerprint density at radius 3 is 2.58 bits per heavy atom. The highest BCUT2D eigenvalue weighted by molar-refractivity contribution is 8.00. The van der Waals surface area contributed by atoms with Crippen LogP contribution < -0.4 is 4.31 Å². The highest BCUT2D eigenvalue weighted by Crippen LogP contribution is 2.35. The number of imidazole rings is 1. The molecule has 1 fully saturated rings. The molecule has 0 aliphatic carbocycles. The summed E-state index contributed by atoms with van der Waals surface area (Å²) in [5.74, 6) is 0.512. The zero-order valence-electron chi connectivity index (χ0n) is 19.7. The minimum atomic E-state index is -0.239. The summed E-state index contributed by atoms with van der Waals surface area (Å²) in [5.41, 5.74) is 4.21. The van der Waals surface area contributed by atoms with Gasteiger partial charge in [0.15, 0.2) is 0 Å². The van der Waals surface area contributed by atoms with E-state index in [0.29, 0.717) is 19.5 Å². The average Bonchev–Trinajstić information content (AvgIpc) is 3.10. The molecule has 2 heterocycles. The highest BCUT2D eigenvalue weighted by atomic mass is 32.2. The number of carbonyl (C=O) groups is 2. The van der Waals surface area contributed by atoms with Crippen LogP contribution in [0, 0.1) is 12.8 Å². The van der Waals surface area contributed by atoms with Crippen molar-refractivity contribution in [3.8, 4) is 0 Å². The molecule has 174 valence electrons. The number of piperidine rings is 1. The molecule has 33 heavy (non-hydrogen) atoms. The molecule has 0 saturated carbocycles. The topological polar surface area (TPSA) is 67.7 Å². The summed E-state index contributed by atoms with van der Waals surface area (Å²) in [6.07, 6.45) is 0.615. The quantitative estimate of drug-likeness (QED) is 0.416. The van der Waals surface area contributed by atoms with Crippen LogP contribution in [0.2, 0.25) is 0 Å². The smallest absolute Gasteiger partial charge is 0.309 e. The Kier molecular flexibility index (Phi) is 6.65. The van der Waals surface area contributed by atoms with E-state index < -0.39 is 0 Å². The summed E-state index contributed by atoms with van der Waals surface area (Å²) in [5, 5.41) is 0. The zero-order chi connectivity index (χ0) is 23.7. The monoisotopic (exact) mass is 466 g/mol. The standard InChI is InChI=1S/C25H30N4O3S/c1-16-26-23-14-20(10-11-24(23)27(16)3)33-28(4)19-8-6-18(7-9-19)22-15-29(17(2)30)13-12-21(22)25(31)32-5/h6-11,14,21-22H,12-13,15H2,1-5H3/t21?,22-/m0/s1. The number of benzene rings is 2. The molecule has 2 aromatic carbocycles. The molecule has 2 atom stereocenters. The minimum Gasteiger partial charge on any atom is -0.469 e. The maximum absolute atomic E-state index is 12.4. The van der Waals surface area contributed by atoms with Crippen molar-refractivity contribution in [2.24, 2.45) is 13.0 Å². The van der Waals surface area contributed by atoms with Crippen molar-refractivity contribution < 1.29 is 14.3 Å². The summed E-state index contributed by atoms with van der Waals surface area (Å²) >= 11 is 1.64. The fraction of sp³-hybridized carbons (Fsp3) is 0.400. The first-order valence-corrected chi connectivity index (χ1v) is 11.8. The number of esters is 1. The molecule has 7 nitrogen and oxygen atoms in total. The number of aryl methyl sites for hydroxylation is 2. The van der Waals surface area contributed by atoms with Crippen LogP contribution in [0.25, 0.3) is 11.0 Å². The van der Waals surface area contributed by atoms with Gasteiger partial charge in [0.05, 0.1) is 24.1 Å². The van der Waals surface area contributed by atoms with Gasteiger partial charge in [-0.05, 0) is 61.2 Å². The van der Waals surface area contributed by atoms with E-state index in [0.717, 1.165) is 33.0 Å². The number of anilines is 1. The van der Waals surface area contributed by atoms with Crippen LogP contribution in [0.1, 0.15) is 30.7 Å². The van der Waals surface area contributed by atoms with E-state index in [1.165, 1.54) is 7.11 Å². The van der Waals surface area contributed by atoms with Crippen molar-refractivity contribution in [1.29, 1.82) is 0 Å². The molecule has 0 N–H and O–H groups in total. The molecule has 3 aromatic rings. The first kappa shape index (κ1) is 23.2. The van der Waals surface area contributed by atoms with Crippen LogP contribution in [0.3, 0.4) is 0 Å². The van der Waals surface area contributed by atoms with E-state index >= 15 is 0 Å². The molecule has 1 aromatic heterocycles. The number of aromatic nitrogens is 2. The Bertz CT molecular complexity index is 1170. The van der Waals surface area contributed by atoms with Gasteiger partial charge in [-0.1, -0.05) is 12.1 Å². The van der Waals surface area contributed by atoms with Gasteiger partial charge in [0.1, 0.15) is 5.82 Å². The molecule has 0 spiro atoms. The Balaban J connectivity index is 1.51. The van der Waals surface area contributed by atoms with Crippen LogP contribution in [0.15, 0.2) is 47.4 Å². The number of likely N-dealkylation sites (tertiary alicyclic amines) is 1.